The summed E-state index contributed by atoms with van der Waals surface area (Å²) in [7, 11) is 0. The van der Waals surface area contributed by atoms with E-state index < -0.39 is 0 Å². The number of rotatable bonds is 6. The van der Waals surface area contributed by atoms with Gasteiger partial charge < -0.3 is 5.32 Å². The molecule has 0 aliphatic carbocycles. The van der Waals surface area contributed by atoms with E-state index in [-0.39, 0.29) is 5.91 Å². The summed E-state index contributed by atoms with van der Waals surface area (Å²) in [5.41, 5.74) is 3.53. The zero-order chi connectivity index (χ0) is 19.1. The average Bonchev–Trinajstić information content (AvgIpc) is 2.88. The van der Waals surface area contributed by atoms with Gasteiger partial charge >= 0.3 is 0 Å². The number of nitrogens with zero attached hydrogens (tertiary/aromatic N) is 2. The smallest absolute Gasteiger partial charge is 0.238 e. The molecule has 1 fully saturated rings. The molecule has 2 aromatic rings. The maximum Gasteiger partial charge on any atom is 0.238 e. The van der Waals surface area contributed by atoms with Gasteiger partial charge in [-0.1, -0.05) is 56.3 Å². The van der Waals surface area contributed by atoms with Crippen LogP contribution in [0.15, 0.2) is 54.6 Å². The van der Waals surface area contributed by atoms with E-state index in [1.54, 1.807) is 0 Å². The number of amides is 1. The summed E-state index contributed by atoms with van der Waals surface area (Å²) in [6.45, 7) is 9.81. The van der Waals surface area contributed by atoms with Crippen molar-refractivity contribution in [3.63, 3.8) is 0 Å². The first kappa shape index (κ1) is 19.6. The minimum atomic E-state index is 0.0730. The fourth-order valence-electron chi connectivity index (χ4n) is 3.54. The molecule has 0 unspecified atom stereocenters. The standard InChI is InChI=1S/C23H31N3O/c1-19(2)21-9-11-22(12-10-21)24-23(27)18-26-14-6-13-25(15-16-26)17-20-7-4-3-5-8-20/h3-5,7-12,19H,6,13-18H2,1-2H3,(H,24,27). The van der Waals surface area contributed by atoms with Crippen LogP contribution in [0, 0.1) is 0 Å². The van der Waals surface area contributed by atoms with Crippen LogP contribution in [0.1, 0.15) is 37.3 Å². The van der Waals surface area contributed by atoms with Crippen molar-refractivity contribution < 1.29 is 4.79 Å². The van der Waals surface area contributed by atoms with Gasteiger partial charge in [0.05, 0.1) is 6.54 Å². The third kappa shape index (κ3) is 6.19. The fraction of sp³-hybridized carbons (Fsp3) is 0.435. The lowest BCUT2D eigenvalue weighted by atomic mass is 10.0. The normalized spacial score (nSPS) is 16.3. The topological polar surface area (TPSA) is 35.6 Å². The highest BCUT2D eigenvalue weighted by Crippen LogP contribution is 2.17. The molecule has 1 aliphatic rings. The molecule has 0 aromatic heterocycles. The Morgan fingerprint density at radius 2 is 1.59 bits per heavy atom. The highest BCUT2D eigenvalue weighted by molar-refractivity contribution is 5.92. The number of hydrogen-bond donors (Lipinski definition) is 1. The van der Waals surface area contributed by atoms with E-state index in [1.165, 1.54) is 11.1 Å². The first-order chi connectivity index (χ1) is 13.1. The first-order valence-electron chi connectivity index (χ1n) is 9.98. The summed E-state index contributed by atoms with van der Waals surface area (Å²) in [6, 6.07) is 18.8. The van der Waals surface area contributed by atoms with Gasteiger partial charge in [0.25, 0.3) is 0 Å². The van der Waals surface area contributed by atoms with Crippen molar-refractivity contribution in [2.45, 2.75) is 32.7 Å². The van der Waals surface area contributed by atoms with Crippen LogP contribution >= 0.6 is 0 Å². The molecule has 0 bridgehead atoms. The van der Waals surface area contributed by atoms with Crippen LogP contribution in [0.25, 0.3) is 0 Å². The Balaban J connectivity index is 1.45. The van der Waals surface area contributed by atoms with Gasteiger partial charge in [-0.3, -0.25) is 14.6 Å². The molecule has 1 amide bonds. The van der Waals surface area contributed by atoms with Crippen LogP contribution < -0.4 is 5.32 Å². The monoisotopic (exact) mass is 365 g/mol. The van der Waals surface area contributed by atoms with Crippen molar-refractivity contribution in [3.8, 4) is 0 Å². The van der Waals surface area contributed by atoms with Crippen molar-refractivity contribution in [2.75, 3.05) is 38.0 Å². The predicted molar refractivity (Wildman–Crippen MR) is 112 cm³/mol. The zero-order valence-corrected chi connectivity index (χ0v) is 16.5. The predicted octanol–water partition coefficient (Wildman–Crippen LogP) is 3.96. The van der Waals surface area contributed by atoms with Gasteiger partial charge in [0, 0.05) is 25.3 Å². The van der Waals surface area contributed by atoms with Crippen molar-refractivity contribution >= 4 is 11.6 Å². The van der Waals surface area contributed by atoms with E-state index in [0.29, 0.717) is 12.5 Å². The SMILES string of the molecule is CC(C)c1ccc(NC(=O)CN2CCCN(Cc3ccccc3)CC2)cc1. The maximum absolute atomic E-state index is 12.4. The number of hydrogen-bond acceptors (Lipinski definition) is 3. The zero-order valence-electron chi connectivity index (χ0n) is 16.5. The molecule has 4 heteroatoms. The van der Waals surface area contributed by atoms with Crippen LogP contribution in [0.3, 0.4) is 0 Å². The third-order valence-electron chi connectivity index (χ3n) is 5.16. The molecular weight excluding hydrogens is 334 g/mol. The number of carbonyl (C=O) groups is 1. The molecule has 4 nitrogen and oxygen atoms in total. The average molecular weight is 366 g/mol. The molecule has 1 heterocycles. The summed E-state index contributed by atoms with van der Waals surface area (Å²) in [4.78, 5) is 17.2. The molecule has 0 radical (unpaired) electrons. The van der Waals surface area contributed by atoms with E-state index in [1.807, 2.05) is 12.1 Å². The third-order valence-corrected chi connectivity index (χ3v) is 5.16. The summed E-state index contributed by atoms with van der Waals surface area (Å²) in [6.07, 6.45) is 1.10. The van der Waals surface area contributed by atoms with Crippen LogP contribution in [0.2, 0.25) is 0 Å². The summed E-state index contributed by atoms with van der Waals surface area (Å²) in [5, 5.41) is 3.03. The van der Waals surface area contributed by atoms with Crippen LogP contribution in [-0.4, -0.2) is 48.4 Å². The highest BCUT2D eigenvalue weighted by atomic mass is 16.2. The quantitative estimate of drug-likeness (QED) is 0.842. The Labute approximate surface area is 163 Å². The van der Waals surface area contributed by atoms with E-state index in [4.69, 9.17) is 0 Å². The lowest BCUT2D eigenvalue weighted by Gasteiger charge is -2.21. The Morgan fingerprint density at radius 3 is 2.30 bits per heavy atom. The van der Waals surface area contributed by atoms with Crippen molar-refractivity contribution in [2.24, 2.45) is 0 Å². The molecule has 0 atom stereocenters. The highest BCUT2D eigenvalue weighted by Gasteiger charge is 2.17. The molecule has 3 rings (SSSR count). The number of carbonyl (C=O) groups excluding carboxylic acids is 1. The minimum Gasteiger partial charge on any atom is -0.325 e. The number of benzene rings is 2. The summed E-state index contributed by atoms with van der Waals surface area (Å²) >= 11 is 0. The summed E-state index contributed by atoms with van der Waals surface area (Å²) in [5.74, 6) is 0.578. The van der Waals surface area contributed by atoms with E-state index in [2.05, 4.69) is 71.4 Å². The molecular formula is C23H31N3O. The molecule has 0 saturated carbocycles. The molecule has 0 spiro atoms. The molecule has 1 aliphatic heterocycles. The van der Waals surface area contributed by atoms with Crippen molar-refractivity contribution in [3.05, 3.63) is 65.7 Å². The van der Waals surface area contributed by atoms with Gasteiger partial charge in [-0.15, -0.1) is 0 Å². The van der Waals surface area contributed by atoms with Gasteiger partial charge in [0.2, 0.25) is 5.91 Å². The largest absolute Gasteiger partial charge is 0.325 e. The lowest BCUT2D eigenvalue weighted by molar-refractivity contribution is -0.117. The van der Waals surface area contributed by atoms with Gasteiger partial charge in [-0.25, -0.2) is 0 Å². The van der Waals surface area contributed by atoms with Crippen LogP contribution in [0.4, 0.5) is 5.69 Å². The molecule has 1 N–H and O–H groups in total. The Kier molecular flexibility index (Phi) is 7.02. The second kappa shape index (κ2) is 9.67. The van der Waals surface area contributed by atoms with Crippen molar-refractivity contribution in [1.82, 2.24) is 9.80 Å². The van der Waals surface area contributed by atoms with Gasteiger partial charge in [-0.05, 0) is 48.7 Å². The van der Waals surface area contributed by atoms with E-state index in [9.17, 15) is 4.79 Å². The number of nitrogens with one attached hydrogen (secondary N) is 1. The minimum absolute atomic E-state index is 0.0730. The lowest BCUT2D eigenvalue weighted by Crippen LogP contribution is -2.36. The van der Waals surface area contributed by atoms with Crippen molar-refractivity contribution in [1.29, 1.82) is 0 Å². The van der Waals surface area contributed by atoms with E-state index in [0.717, 1.165) is 44.8 Å². The second-order valence-corrected chi connectivity index (χ2v) is 7.72. The fourth-order valence-corrected chi connectivity index (χ4v) is 3.54. The van der Waals surface area contributed by atoms with Gasteiger partial charge in [0.1, 0.15) is 0 Å². The van der Waals surface area contributed by atoms with Gasteiger partial charge in [-0.2, -0.15) is 0 Å². The van der Waals surface area contributed by atoms with E-state index >= 15 is 0 Å². The first-order valence-corrected chi connectivity index (χ1v) is 9.98. The summed E-state index contributed by atoms with van der Waals surface area (Å²) < 4.78 is 0. The Hall–Kier alpha value is -2.17. The molecule has 27 heavy (non-hydrogen) atoms. The van der Waals surface area contributed by atoms with Gasteiger partial charge in [0.15, 0.2) is 0 Å². The maximum atomic E-state index is 12.4. The second-order valence-electron chi connectivity index (χ2n) is 7.72. The molecule has 2 aromatic carbocycles. The van der Waals surface area contributed by atoms with Crippen LogP contribution in [-0.2, 0) is 11.3 Å². The number of anilines is 1. The van der Waals surface area contributed by atoms with Crippen LogP contribution in [0.5, 0.6) is 0 Å². The molecule has 144 valence electrons. The molecule has 1 saturated heterocycles. The Bertz CT molecular complexity index is 712. The Morgan fingerprint density at radius 1 is 0.926 bits per heavy atom.